The second-order valence-corrected chi connectivity index (χ2v) is 6.78. The van der Waals surface area contributed by atoms with Gasteiger partial charge >= 0.3 is 0 Å². The first-order valence-electron chi connectivity index (χ1n) is 8.37. The molecule has 1 aromatic carbocycles. The van der Waals surface area contributed by atoms with Gasteiger partial charge in [0.05, 0.1) is 0 Å². The van der Waals surface area contributed by atoms with Gasteiger partial charge in [0.2, 0.25) is 11.8 Å². The minimum atomic E-state index is -0.0409. The van der Waals surface area contributed by atoms with Gasteiger partial charge in [0.15, 0.2) is 0 Å². The van der Waals surface area contributed by atoms with E-state index in [0.717, 1.165) is 5.69 Å². The van der Waals surface area contributed by atoms with E-state index in [4.69, 9.17) is 0 Å². The monoisotopic (exact) mass is 318 g/mol. The molecule has 1 rings (SSSR count). The molecule has 128 valence electrons. The van der Waals surface area contributed by atoms with Crippen molar-refractivity contribution in [1.82, 2.24) is 4.90 Å². The van der Waals surface area contributed by atoms with E-state index in [-0.39, 0.29) is 17.2 Å². The second kappa shape index (κ2) is 8.14. The number of carbonyl (C=O) groups is 2. The van der Waals surface area contributed by atoms with Crippen molar-refractivity contribution in [2.75, 3.05) is 24.5 Å². The maximum Gasteiger partial charge on any atom is 0.224 e. The molecule has 0 heterocycles. The highest BCUT2D eigenvalue weighted by atomic mass is 16.2. The van der Waals surface area contributed by atoms with Crippen LogP contribution >= 0.6 is 0 Å². The summed E-state index contributed by atoms with van der Waals surface area (Å²) in [6, 6.07) is 8.03. The number of hydrogen-bond acceptors (Lipinski definition) is 2. The quantitative estimate of drug-likeness (QED) is 0.804. The fraction of sp³-hybridized carbons (Fsp3) is 0.579. The Labute approximate surface area is 140 Å². The predicted octanol–water partition coefficient (Wildman–Crippen LogP) is 3.60. The van der Waals surface area contributed by atoms with Crippen LogP contribution in [0.25, 0.3) is 0 Å². The Morgan fingerprint density at radius 3 is 1.91 bits per heavy atom. The number of carbonyl (C=O) groups excluding carboxylic acids is 2. The van der Waals surface area contributed by atoms with Gasteiger partial charge in [-0.15, -0.1) is 0 Å². The van der Waals surface area contributed by atoms with Crippen LogP contribution in [0.2, 0.25) is 0 Å². The molecular weight excluding hydrogens is 288 g/mol. The lowest BCUT2D eigenvalue weighted by Crippen LogP contribution is -2.36. The third-order valence-corrected chi connectivity index (χ3v) is 4.09. The average molecular weight is 318 g/mol. The largest absolute Gasteiger partial charge is 0.343 e. The standard InChI is InChI=1S/C19H30N2O2/c1-7-20(8-2)18(23)13-14-21(15(3)22)17-11-9-16(10-12-17)19(4,5)6/h9-12H,7-8,13-14H2,1-6H3. The molecule has 0 aromatic heterocycles. The molecule has 2 amide bonds. The van der Waals surface area contributed by atoms with Crippen molar-refractivity contribution in [2.24, 2.45) is 0 Å². The van der Waals surface area contributed by atoms with Gasteiger partial charge in [-0.2, -0.15) is 0 Å². The van der Waals surface area contributed by atoms with E-state index in [1.165, 1.54) is 5.56 Å². The van der Waals surface area contributed by atoms with E-state index in [0.29, 0.717) is 26.1 Å². The Kier molecular flexibility index (Phi) is 6.79. The second-order valence-electron chi connectivity index (χ2n) is 6.78. The van der Waals surface area contributed by atoms with Crippen LogP contribution in [0, 0.1) is 0 Å². The van der Waals surface area contributed by atoms with Crippen molar-refractivity contribution in [3.8, 4) is 0 Å². The average Bonchev–Trinajstić information content (AvgIpc) is 2.48. The SMILES string of the molecule is CCN(CC)C(=O)CCN(C(C)=O)c1ccc(C(C)(C)C)cc1. The Balaban J connectivity index is 2.83. The highest BCUT2D eigenvalue weighted by Gasteiger charge is 2.18. The van der Waals surface area contributed by atoms with Gasteiger partial charge in [0, 0.05) is 38.7 Å². The van der Waals surface area contributed by atoms with Gasteiger partial charge in [-0.3, -0.25) is 9.59 Å². The van der Waals surface area contributed by atoms with Crippen LogP contribution in [0.1, 0.15) is 53.5 Å². The molecule has 0 saturated carbocycles. The molecule has 0 spiro atoms. The lowest BCUT2D eigenvalue weighted by Gasteiger charge is -2.25. The summed E-state index contributed by atoms with van der Waals surface area (Å²) in [5.74, 6) is 0.0495. The number of hydrogen-bond donors (Lipinski definition) is 0. The van der Waals surface area contributed by atoms with Crippen LogP contribution in [0.3, 0.4) is 0 Å². The minimum Gasteiger partial charge on any atom is -0.343 e. The van der Waals surface area contributed by atoms with Crippen molar-refractivity contribution in [3.05, 3.63) is 29.8 Å². The fourth-order valence-electron chi connectivity index (χ4n) is 2.55. The third kappa shape index (κ3) is 5.38. The molecular formula is C19H30N2O2. The summed E-state index contributed by atoms with van der Waals surface area (Å²) in [4.78, 5) is 27.6. The summed E-state index contributed by atoms with van der Waals surface area (Å²) >= 11 is 0. The summed E-state index contributed by atoms with van der Waals surface area (Å²) in [6.07, 6.45) is 0.349. The zero-order chi connectivity index (χ0) is 17.6. The van der Waals surface area contributed by atoms with Gasteiger partial charge < -0.3 is 9.80 Å². The number of nitrogens with zero attached hydrogens (tertiary/aromatic N) is 2. The van der Waals surface area contributed by atoms with E-state index in [9.17, 15) is 9.59 Å². The van der Waals surface area contributed by atoms with Crippen LogP contribution < -0.4 is 4.90 Å². The number of benzene rings is 1. The van der Waals surface area contributed by atoms with Crippen LogP contribution in [0.15, 0.2) is 24.3 Å². The van der Waals surface area contributed by atoms with Crippen molar-refractivity contribution in [1.29, 1.82) is 0 Å². The molecule has 4 nitrogen and oxygen atoms in total. The topological polar surface area (TPSA) is 40.6 Å². The molecule has 0 bridgehead atoms. The van der Waals surface area contributed by atoms with Gasteiger partial charge in [-0.25, -0.2) is 0 Å². The summed E-state index contributed by atoms with van der Waals surface area (Å²) < 4.78 is 0. The van der Waals surface area contributed by atoms with Crippen molar-refractivity contribution < 1.29 is 9.59 Å². The number of rotatable bonds is 6. The molecule has 0 fully saturated rings. The van der Waals surface area contributed by atoms with Gasteiger partial charge in [-0.05, 0) is 37.0 Å². The molecule has 0 N–H and O–H groups in total. The van der Waals surface area contributed by atoms with Crippen molar-refractivity contribution in [3.63, 3.8) is 0 Å². The predicted molar refractivity (Wildman–Crippen MR) is 95.7 cm³/mol. The molecule has 1 aromatic rings. The molecule has 0 aliphatic rings. The number of anilines is 1. The molecule has 23 heavy (non-hydrogen) atoms. The first-order valence-corrected chi connectivity index (χ1v) is 8.37. The Bertz CT molecular complexity index is 525. The molecule has 0 atom stereocenters. The molecule has 0 unspecified atom stereocenters. The fourth-order valence-corrected chi connectivity index (χ4v) is 2.55. The Morgan fingerprint density at radius 2 is 1.52 bits per heavy atom. The van der Waals surface area contributed by atoms with E-state index in [1.807, 2.05) is 26.0 Å². The van der Waals surface area contributed by atoms with E-state index >= 15 is 0 Å². The maximum atomic E-state index is 12.1. The van der Waals surface area contributed by atoms with Gasteiger partial charge in [0.1, 0.15) is 0 Å². The van der Waals surface area contributed by atoms with Crippen LogP contribution in [-0.4, -0.2) is 36.3 Å². The smallest absolute Gasteiger partial charge is 0.224 e. The molecule has 4 heteroatoms. The van der Waals surface area contributed by atoms with Crippen LogP contribution in [-0.2, 0) is 15.0 Å². The third-order valence-electron chi connectivity index (χ3n) is 4.09. The molecule has 0 saturated heterocycles. The zero-order valence-electron chi connectivity index (χ0n) is 15.3. The lowest BCUT2D eigenvalue weighted by molar-refractivity contribution is -0.130. The normalized spacial score (nSPS) is 11.2. The maximum absolute atomic E-state index is 12.1. The van der Waals surface area contributed by atoms with E-state index in [2.05, 4.69) is 32.9 Å². The van der Waals surface area contributed by atoms with Crippen LogP contribution in [0.5, 0.6) is 0 Å². The summed E-state index contributed by atoms with van der Waals surface area (Å²) in [5, 5.41) is 0. The summed E-state index contributed by atoms with van der Waals surface area (Å²) in [6.45, 7) is 13.8. The van der Waals surface area contributed by atoms with E-state index in [1.54, 1.807) is 16.7 Å². The first kappa shape index (κ1) is 19.2. The minimum absolute atomic E-state index is 0.0409. The molecule has 0 aliphatic carbocycles. The van der Waals surface area contributed by atoms with Crippen molar-refractivity contribution >= 4 is 17.5 Å². The highest BCUT2D eigenvalue weighted by Crippen LogP contribution is 2.25. The summed E-state index contributed by atoms with van der Waals surface area (Å²) in [7, 11) is 0. The molecule has 0 aliphatic heterocycles. The summed E-state index contributed by atoms with van der Waals surface area (Å²) in [5.41, 5.74) is 2.15. The van der Waals surface area contributed by atoms with Crippen LogP contribution in [0.4, 0.5) is 5.69 Å². The highest BCUT2D eigenvalue weighted by molar-refractivity contribution is 5.92. The number of amides is 2. The Hall–Kier alpha value is -1.84. The van der Waals surface area contributed by atoms with Gasteiger partial charge in [0.25, 0.3) is 0 Å². The first-order chi connectivity index (χ1) is 10.7. The van der Waals surface area contributed by atoms with Crippen molar-refractivity contribution in [2.45, 2.75) is 53.4 Å². The molecule has 0 radical (unpaired) electrons. The van der Waals surface area contributed by atoms with Gasteiger partial charge in [-0.1, -0.05) is 32.9 Å². The zero-order valence-corrected chi connectivity index (χ0v) is 15.3. The van der Waals surface area contributed by atoms with E-state index < -0.39 is 0 Å². The lowest BCUT2D eigenvalue weighted by atomic mass is 9.87. The Morgan fingerprint density at radius 1 is 1.00 bits per heavy atom.